The molecule has 1 amide bonds. The van der Waals surface area contributed by atoms with Gasteiger partial charge in [0.15, 0.2) is 0 Å². The van der Waals surface area contributed by atoms with Crippen molar-refractivity contribution in [3.63, 3.8) is 0 Å². The number of amides is 1. The topological polar surface area (TPSA) is 55.1 Å². The number of hydrogen-bond donors (Lipinski definition) is 2. The van der Waals surface area contributed by atoms with Crippen LogP contribution in [0.3, 0.4) is 0 Å². The fourth-order valence-corrected chi connectivity index (χ4v) is 1.83. The second-order valence-corrected chi connectivity index (χ2v) is 4.73. The standard InChI is InChI=1S/C14H22N2O/c1-10(2)13(9-15)14(17)16-11(3)12-7-5-4-6-8-12/h4-8,10-11,13H,9,15H2,1-3H3,(H,16,17). The fourth-order valence-electron chi connectivity index (χ4n) is 1.83. The highest BCUT2D eigenvalue weighted by atomic mass is 16.2. The van der Waals surface area contributed by atoms with Gasteiger partial charge in [0, 0.05) is 6.54 Å². The molecule has 3 nitrogen and oxygen atoms in total. The summed E-state index contributed by atoms with van der Waals surface area (Å²) in [6.07, 6.45) is 0. The summed E-state index contributed by atoms with van der Waals surface area (Å²) in [6, 6.07) is 9.96. The van der Waals surface area contributed by atoms with Gasteiger partial charge in [0.2, 0.25) is 5.91 Å². The highest BCUT2D eigenvalue weighted by Gasteiger charge is 2.21. The average molecular weight is 234 g/mol. The molecule has 0 spiro atoms. The number of benzene rings is 1. The maximum Gasteiger partial charge on any atom is 0.225 e. The van der Waals surface area contributed by atoms with E-state index in [9.17, 15) is 4.79 Å². The van der Waals surface area contributed by atoms with Gasteiger partial charge in [0.05, 0.1) is 12.0 Å². The molecule has 2 unspecified atom stereocenters. The third-order valence-corrected chi connectivity index (χ3v) is 3.05. The summed E-state index contributed by atoms with van der Waals surface area (Å²) in [5.74, 6) is 0.197. The third kappa shape index (κ3) is 3.86. The van der Waals surface area contributed by atoms with E-state index in [0.717, 1.165) is 5.56 Å². The summed E-state index contributed by atoms with van der Waals surface area (Å²) < 4.78 is 0. The molecule has 0 bridgehead atoms. The lowest BCUT2D eigenvalue weighted by atomic mass is 9.94. The molecule has 3 N–H and O–H groups in total. The molecule has 0 aliphatic rings. The molecule has 0 aliphatic heterocycles. The number of nitrogens with two attached hydrogens (primary N) is 1. The summed E-state index contributed by atoms with van der Waals surface area (Å²) >= 11 is 0. The highest BCUT2D eigenvalue weighted by molar-refractivity contribution is 5.79. The van der Waals surface area contributed by atoms with Gasteiger partial charge >= 0.3 is 0 Å². The lowest BCUT2D eigenvalue weighted by molar-refractivity contribution is -0.126. The molecular weight excluding hydrogens is 212 g/mol. The summed E-state index contributed by atoms with van der Waals surface area (Å²) in [5.41, 5.74) is 6.74. The van der Waals surface area contributed by atoms with Crippen LogP contribution in [0.25, 0.3) is 0 Å². The fraction of sp³-hybridized carbons (Fsp3) is 0.500. The minimum atomic E-state index is -0.110. The van der Waals surface area contributed by atoms with E-state index >= 15 is 0 Å². The van der Waals surface area contributed by atoms with Crippen molar-refractivity contribution in [1.82, 2.24) is 5.32 Å². The highest BCUT2D eigenvalue weighted by Crippen LogP contribution is 2.14. The summed E-state index contributed by atoms with van der Waals surface area (Å²) in [4.78, 5) is 12.0. The molecule has 0 radical (unpaired) electrons. The molecule has 1 rings (SSSR count). The van der Waals surface area contributed by atoms with Crippen molar-refractivity contribution in [2.24, 2.45) is 17.6 Å². The molecule has 0 aromatic heterocycles. The summed E-state index contributed by atoms with van der Waals surface area (Å²) in [7, 11) is 0. The number of nitrogens with one attached hydrogen (secondary N) is 1. The van der Waals surface area contributed by atoms with E-state index < -0.39 is 0 Å². The second-order valence-electron chi connectivity index (χ2n) is 4.73. The Labute approximate surface area is 103 Å². The maximum atomic E-state index is 12.0. The summed E-state index contributed by atoms with van der Waals surface area (Å²) in [6.45, 7) is 6.42. The number of rotatable bonds is 5. The predicted octanol–water partition coefficient (Wildman–Crippen LogP) is 2.09. The van der Waals surface area contributed by atoms with Gasteiger partial charge in [0.25, 0.3) is 0 Å². The SMILES string of the molecule is CC(NC(=O)C(CN)C(C)C)c1ccccc1. The van der Waals surface area contributed by atoms with Crippen LogP contribution in [-0.4, -0.2) is 12.5 Å². The molecule has 1 aromatic carbocycles. The third-order valence-electron chi connectivity index (χ3n) is 3.05. The van der Waals surface area contributed by atoms with Gasteiger partial charge in [0.1, 0.15) is 0 Å². The van der Waals surface area contributed by atoms with Crippen molar-refractivity contribution >= 4 is 5.91 Å². The Morgan fingerprint density at radius 3 is 2.29 bits per heavy atom. The van der Waals surface area contributed by atoms with Crippen molar-refractivity contribution < 1.29 is 4.79 Å². The minimum absolute atomic E-state index is 0.0245. The predicted molar refractivity (Wildman–Crippen MR) is 70.4 cm³/mol. The van der Waals surface area contributed by atoms with Gasteiger partial charge in [-0.05, 0) is 18.4 Å². The zero-order valence-corrected chi connectivity index (χ0v) is 10.8. The van der Waals surface area contributed by atoms with Crippen molar-refractivity contribution in [2.45, 2.75) is 26.8 Å². The minimum Gasteiger partial charge on any atom is -0.349 e. The van der Waals surface area contributed by atoms with Crippen molar-refractivity contribution in [3.8, 4) is 0 Å². The monoisotopic (exact) mass is 234 g/mol. The molecule has 2 atom stereocenters. The zero-order valence-electron chi connectivity index (χ0n) is 10.8. The van der Waals surface area contributed by atoms with Crippen molar-refractivity contribution in [3.05, 3.63) is 35.9 Å². The molecule has 0 saturated carbocycles. The molecule has 0 aliphatic carbocycles. The Balaban J connectivity index is 2.63. The number of hydrogen-bond acceptors (Lipinski definition) is 2. The Bertz CT molecular complexity index is 348. The van der Waals surface area contributed by atoms with E-state index in [1.54, 1.807) is 0 Å². The van der Waals surface area contributed by atoms with Gasteiger partial charge in [-0.15, -0.1) is 0 Å². The van der Waals surface area contributed by atoms with Crippen LogP contribution in [-0.2, 0) is 4.79 Å². The first-order valence-corrected chi connectivity index (χ1v) is 6.11. The lowest BCUT2D eigenvalue weighted by Crippen LogP contribution is -2.39. The molecule has 0 fully saturated rings. The largest absolute Gasteiger partial charge is 0.349 e. The second kappa shape index (κ2) is 6.40. The van der Waals surface area contributed by atoms with Gasteiger partial charge in [-0.1, -0.05) is 44.2 Å². The number of carbonyl (C=O) groups is 1. The van der Waals surface area contributed by atoms with E-state index in [4.69, 9.17) is 5.73 Å². The molecule has 3 heteroatoms. The zero-order chi connectivity index (χ0) is 12.8. The normalized spacial score (nSPS) is 14.4. The number of carbonyl (C=O) groups excluding carboxylic acids is 1. The Morgan fingerprint density at radius 2 is 1.82 bits per heavy atom. The Morgan fingerprint density at radius 1 is 1.24 bits per heavy atom. The average Bonchev–Trinajstić information content (AvgIpc) is 2.30. The van der Waals surface area contributed by atoms with E-state index in [1.165, 1.54) is 0 Å². The van der Waals surface area contributed by atoms with E-state index in [0.29, 0.717) is 6.54 Å². The van der Waals surface area contributed by atoms with Gasteiger partial charge in [-0.2, -0.15) is 0 Å². The van der Waals surface area contributed by atoms with Crippen LogP contribution in [0, 0.1) is 11.8 Å². The van der Waals surface area contributed by atoms with Crippen LogP contribution in [0.4, 0.5) is 0 Å². The molecule has 94 valence electrons. The van der Waals surface area contributed by atoms with E-state index in [2.05, 4.69) is 5.32 Å². The van der Waals surface area contributed by atoms with Crippen LogP contribution in [0.2, 0.25) is 0 Å². The Hall–Kier alpha value is -1.35. The molecule has 1 aromatic rings. The van der Waals surface area contributed by atoms with Crippen molar-refractivity contribution in [1.29, 1.82) is 0 Å². The smallest absolute Gasteiger partial charge is 0.225 e. The van der Waals surface area contributed by atoms with E-state index in [1.807, 2.05) is 51.1 Å². The van der Waals surface area contributed by atoms with Crippen LogP contribution in [0.1, 0.15) is 32.4 Å². The van der Waals surface area contributed by atoms with Crippen LogP contribution in [0.15, 0.2) is 30.3 Å². The van der Waals surface area contributed by atoms with Gasteiger partial charge < -0.3 is 11.1 Å². The van der Waals surface area contributed by atoms with Crippen LogP contribution < -0.4 is 11.1 Å². The quantitative estimate of drug-likeness (QED) is 0.819. The summed E-state index contributed by atoms with van der Waals surface area (Å²) in [5, 5.41) is 3.01. The first-order chi connectivity index (χ1) is 8.06. The molecular formula is C14H22N2O. The first kappa shape index (κ1) is 13.7. The Kier molecular flexibility index (Phi) is 5.16. The van der Waals surface area contributed by atoms with Crippen LogP contribution >= 0.6 is 0 Å². The maximum absolute atomic E-state index is 12.0. The molecule has 17 heavy (non-hydrogen) atoms. The van der Waals surface area contributed by atoms with Crippen LogP contribution in [0.5, 0.6) is 0 Å². The van der Waals surface area contributed by atoms with Gasteiger partial charge in [-0.25, -0.2) is 0 Å². The first-order valence-electron chi connectivity index (χ1n) is 6.11. The van der Waals surface area contributed by atoms with E-state index in [-0.39, 0.29) is 23.8 Å². The van der Waals surface area contributed by atoms with Crippen molar-refractivity contribution in [2.75, 3.05) is 6.54 Å². The lowest BCUT2D eigenvalue weighted by Gasteiger charge is -2.21. The van der Waals surface area contributed by atoms with Gasteiger partial charge in [-0.3, -0.25) is 4.79 Å². The molecule has 0 heterocycles. The molecule has 0 saturated heterocycles.